The molecule has 0 fully saturated rings. The van der Waals surface area contributed by atoms with Gasteiger partial charge in [-0.1, -0.05) is 18.2 Å². The molecule has 0 aliphatic rings. The van der Waals surface area contributed by atoms with Gasteiger partial charge in [0.1, 0.15) is 4.90 Å². The lowest BCUT2D eigenvalue weighted by Crippen LogP contribution is -2.10. The molecule has 8 heteroatoms. The van der Waals surface area contributed by atoms with Crippen molar-refractivity contribution >= 4 is 32.8 Å². The van der Waals surface area contributed by atoms with Gasteiger partial charge in [0, 0.05) is 5.39 Å². The van der Waals surface area contributed by atoms with Gasteiger partial charge in [0.2, 0.25) is 0 Å². The number of hydrogen-bond acceptors (Lipinski definition) is 4. The summed E-state index contributed by atoms with van der Waals surface area (Å²) in [5.41, 5.74) is -0.813. The van der Waals surface area contributed by atoms with Crippen LogP contribution in [0, 0.1) is 0 Å². The van der Waals surface area contributed by atoms with Gasteiger partial charge in [-0.05, 0) is 17.5 Å². The van der Waals surface area contributed by atoms with Crippen LogP contribution in [-0.2, 0) is 10.1 Å². The van der Waals surface area contributed by atoms with Crippen molar-refractivity contribution in [2.24, 2.45) is 0 Å². The van der Waals surface area contributed by atoms with E-state index < -0.39 is 32.5 Å². The molecule has 2 aromatic carbocycles. The average Bonchev–Trinajstić information content (AvgIpc) is 2.34. The molecule has 104 valence electrons. The van der Waals surface area contributed by atoms with E-state index in [1.807, 2.05) is 0 Å². The Morgan fingerprint density at radius 2 is 1.45 bits per heavy atom. The van der Waals surface area contributed by atoms with Gasteiger partial charge < -0.3 is 10.2 Å². The van der Waals surface area contributed by atoms with Gasteiger partial charge in [-0.15, -0.1) is 0 Å². The summed E-state index contributed by atoms with van der Waals surface area (Å²) in [7, 11) is -4.82. The topological polar surface area (TPSA) is 129 Å². The van der Waals surface area contributed by atoms with Crippen molar-refractivity contribution in [1.29, 1.82) is 0 Å². The monoisotopic (exact) mass is 296 g/mol. The first kappa shape index (κ1) is 14.0. The SMILES string of the molecule is O=C(O)c1ccc2c(C(=O)O)cccc2c1S(=O)(=O)O. The van der Waals surface area contributed by atoms with Crippen LogP contribution in [0.2, 0.25) is 0 Å². The zero-order chi connectivity index (χ0) is 15.1. The largest absolute Gasteiger partial charge is 0.478 e. The zero-order valence-electron chi connectivity index (χ0n) is 9.77. The summed E-state index contributed by atoms with van der Waals surface area (Å²) in [4.78, 5) is 21.3. The van der Waals surface area contributed by atoms with Gasteiger partial charge in [-0.3, -0.25) is 4.55 Å². The summed E-state index contributed by atoms with van der Waals surface area (Å²) in [6.45, 7) is 0. The van der Waals surface area contributed by atoms with Crippen LogP contribution in [0.3, 0.4) is 0 Å². The van der Waals surface area contributed by atoms with E-state index in [0.717, 1.165) is 6.07 Å². The lowest BCUT2D eigenvalue weighted by molar-refractivity contribution is 0.0686. The fourth-order valence-corrected chi connectivity index (χ4v) is 2.85. The van der Waals surface area contributed by atoms with Gasteiger partial charge in [0.05, 0.1) is 11.1 Å². The van der Waals surface area contributed by atoms with E-state index in [1.54, 1.807) is 0 Å². The predicted molar refractivity (Wildman–Crippen MR) is 67.7 cm³/mol. The van der Waals surface area contributed by atoms with Crippen LogP contribution < -0.4 is 0 Å². The Bertz CT molecular complexity index is 836. The van der Waals surface area contributed by atoms with E-state index >= 15 is 0 Å². The van der Waals surface area contributed by atoms with E-state index in [9.17, 15) is 22.6 Å². The number of carboxylic acids is 2. The third-order valence-electron chi connectivity index (χ3n) is 2.73. The molecule has 0 radical (unpaired) electrons. The Kier molecular flexibility index (Phi) is 3.20. The number of hydrogen-bond donors (Lipinski definition) is 3. The van der Waals surface area contributed by atoms with Crippen LogP contribution in [0.5, 0.6) is 0 Å². The summed E-state index contributed by atoms with van der Waals surface area (Å²) in [5.74, 6) is -2.83. The van der Waals surface area contributed by atoms with Gasteiger partial charge in [0.15, 0.2) is 0 Å². The molecule has 0 saturated heterocycles. The molecule has 2 rings (SSSR count). The maximum absolute atomic E-state index is 11.4. The van der Waals surface area contributed by atoms with Crippen LogP contribution in [0.4, 0.5) is 0 Å². The highest BCUT2D eigenvalue weighted by atomic mass is 32.2. The Hall–Kier alpha value is -2.45. The Balaban J connectivity index is 3.05. The fourth-order valence-electron chi connectivity index (χ4n) is 1.96. The van der Waals surface area contributed by atoms with Crippen LogP contribution in [-0.4, -0.2) is 35.1 Å². The second-order valence-electron chi connectivity index (χ2n) is 3.93. The molecular weight excluding hydrogens is 288 g/mol. The summed E-state index contributed by atoms with van der Waals surface area (Å²) in [5, 5.41) is 17.9. The highest BCUT2D eigenvalue weighted by Crippen LogP contribution is 2.29. The molecule has 3 N–H and O–H groups in total. The van der Waals surface area contributed by atoms with Gasteiger partial charge in [0.25, 0.3) is 10.1 Å². The molecule has 0 saturated carbocycles. The van der Waals surface area contributed by atoms with E-state index in [4.69, 9.17) is 10.2 Å². The maximum atomic E-state index is 11.4. The molecule has 0 aliphatic heterocycles. The molecule has 2 aromatic rings. The lowest BCUT2D eigenvalue weighted by atomic mass is 10.0. The molecule has 0 amide bonds. The van der Waals surface area contributed by atoms with E-state index in [1.165, 1.54) is 24.3 Å². The predicted octanol–water partition coefficient (Wildman–Crippen LogP) is 1.48. The minimum absolute atomic E-state index is 0.0256. The van der Waals surface area contributed by atoms with Crippen LogP contribution in [0.15, 0.2) is 35.2 Å². The molecule has 20 heavy (non-hydrogen) atoms. The zero-order valence-corrected chi connectivity index (χ0v) is 10.6. The van der Waals surface area contributed by atoms with Gasteiger partial charge in [-0.25, -0.2) is 9.59 Å². The standard InChI is InChI=1S/C12H8O7S/c13-11(14)8-3-1-2-7-6(8)4-5-9(12(15)16)10(7)20(17,18)19/h1-5H,(H,13,14)(H,15,16)(H,17,18,19). The van der Waals surface area contributed by atoms with Gasteiger partial charge in [-0.2, -0.15) is 8.42 Å². The molecule has 0 aliphatic carbocycles. The Morgan fingerprint density at radius 1 is 0.850 bits per heavy atom. The van der Waals surface area contributed by atoms with Crippen molar-refractivity contribution < 1.29 is 32.8 Å². The number of benzene rings is 2. The quantitative estimate of drug-likeness (QED) is 0.731. The number of fused-ring (bicyclic) bond motifs is 1. The minimum Gasteiger partial charge on any atom is -0.478 e. The van der Waals surface area contributed by atoms with Crippen LogP contribution in [0.25, 0.3) is 10.8 Å². The van der Waals surface area contributed by atoms with Gasteiger partial charge >= 0.3 is 11.9 Å². The van der Waals surface area contributed by atoms with Crippen molar-refractivity contribution in [3.63, 3.8) is 0 Å². The first-order valence-corrected chi connectivity index (χ1v) is 6.67. The molecule has 0 aromatic heterocycles. The average molecular weight is 296 g/mol. The smallest absolute Gasteiger partial charge is 0.337 e. The first-order chi connectivity index (χ1) is 9.23. The number of rotatable bonds is 3. The molecule has 0 spiro atoms. The van der Waals surface area contributed by atoms with Crippen molar-refractivity contribution in [1.82, 2.24) is 0 Å². The molecule has 0 unspecified atom stereocenters. The second kappa shape index (κ2) is 4.58. The highest BCUT2D eigenvalue weighted by molar-refractivity contribution is 7.86. The van der Waals surface area contributed by atoms with Crippen molar-refractivity contribution in [3.8, 4) is 0 Å². The van der Waals surface area contributed by atoms with E-state index in [-0.39, 0.29) is 16.3 Å². The summed E-state index contributed by atoms with van der Waals surface area (Å²) in [6.07, 6.45) is 0. The molecular formula is C12H8O7S. The minimum atomic E-state index is -4.82. The Morgan fingerprint density at radius 3 is 1.95 bits per heavy atom. The van der Waals surface area contributed by atoms with Crippen molar-refractivity contribution in [2.75, 3.05) is 0 Å². The molecule has 7 nitrogen and oxygen atoms in total. The molecule has 0 bridgehead atoms. The van der Waals surface area contributed by atoms with Crippen molar-refractivity contribution in [3.05, 3.63) is 41.5 Å². The molecule has 0 heterocycles. The van der Waals surface area contributed by atoms with Crippen molar-refractivity contribution in [2.45, 2.75) is 4.90 Å². The Labute approximate surface area is 112 Å². The van der Waals surface area contributed by atoms with Crippen LogP contribution >= 0.6 is 0 Å². The lowest BCUT2D eigenvalue weighted by Gasteiger charge is -2.09. The first-order valence-electron chi connectivity index (χ1n) is 5.23. The van der Waals surface area contributed by atoms with E-state index in [0.29, 0.717) is 0 Å². The number of carboxylic acid groups (broad SMARTS) is 2. The van der Waals surface area contributed by atoms with E-state index in [2.05, 4.69) is 0 Å². The number of aromatic carboxylic acids is 2. The third kappa shape index (κ3) is 2.22. The molecule has 0 atom stereocenters. The summed E-state index contributed by atoms with van der Waals surface area (Å²) in [6, 6.07) is 5.89. The normalized spacial score (nSPS) is 11.4. The third-order valence-corrected chi connectivity index (χ3v) is 3.69. The second-order valence-corrected chi connectivity index (χ2v) is 5.29. The van der Waals surface area contributed by atoms with Crippen LogP contribution in [0.1, 0.15) is 20.7 Å². The maximum Gasteiger partial charge on any atom is 0.337 e. The highest BCUT2D eigenvalue weighted by Gasteiger charge is 2.24. The summed E-state index contributed by atoms with van der Waals surface area (Å²) >= 11 is 0. The summed E-state index contributed by atoms with van der Waals surface area (Å²) < 4.78 is 32.0. The fraction of sp³-hybridized carbons (Fsp3) is 0. The number of carbonyl (C=O) groups is 2.